The van der Waals surface area contributed by atoms with Crippen molar-refractivity contribution in [2.24, 2.45) is 0 Å². The minimum Gasteiger partial charge on any atom is -0.493 e. The molecule has 9 heteroatoms. The van der Waals surface area contributed by atoms with E-state index in [-0.39, 0.29) is 16.9 Å². The van der Waals surface area contributed by atoms with Crippen LogP contribution in [0.3, 0.4) is 0 Å². The van der Waals surface area contributed by atoms with Crippen molar-refractivity contribution in [1.82, 2.24) is 4.73 Å². The molecule has 0 unspecified atom stereocenters. The van der Waals surface area contributed by atoms with Crippen LogP contribution in [0, 0.1) is 0 Å². The number of hydrogen-bond donors (Lipinski definition) is 1. The van der Waals surface area contributed by atoms with Gasteiger partial charge in [-0.1, -0.05) is 0 Å². The van der Waals surface area contributed by atoms with E-state index in [0.717, 1.165) is 0 Å². The van der Waals surface area contributed by atoms with Crippen molar-refractivity contribution in [2.75, 3.05) is 27.9 Å². The normalized spacial score (nSPS) is 10.5. The van der Waals surface area contributed by atoms with Gasteiger partial charge in [-0.25, -0.2) is 4.79 Å². The Kier molecular flexibility index (Phi) is 6.23. The minimum absolute atomic E-state index is 0.0411. The monoisotopic (exact) mass is 477 g/mol. The highest BCUT2D eigenvalue weighted by atomic mass is 79.9. The fourth-order valence-electron chi connectivity index (χ4n) is 2.41. The lowest BCUT2D eigenvalue weighted by atomic mass is 10.1. The number of benzene rings is 1. The van der Waals surface area contributed by atoms with Crippen LogP contribution in [0.25, 0.3) is 11.1 Å². The zero-order valence-electron chi connectivity index (χ0n) is 14.1. The van der Waals surface area contributed by atoms with Crippen molar-refractivity contribution >= 4 is 37.8 Å². The molecule has 1 heterocycles. The van der Waals surface area contributed by atoms with Gasteiger partial charge in [0.1, 0.15) is 4.60 Å². The second kappa shape index (κ2) is 8.01. The van der Waals surface area contributed by atoms with Gasteiger partial charge in [0.05, 0.1) is 32.4 Å². The van der Waals surface area contributed by atoms with Crippen molar-refractivity contribution in [3.05, 3.63) is 26.9 Å². The largest absolute Gasteiger partial charge is 0.493 e. The van der Waals surface area contributed by atoms with Crippen LogP contribution >= 0.6 is 31.9 Å². The molecule has 0 aliphatic carbocycles. The molecule has 0 saturated carbocycles. The maximum Gasteiger partial charge on any atom is 0.359 e. The molecule has 0 radical (unpaired) electrons. The molecule has 2 rings (SSSR count). The number of ether oxygens (including phenoxy) is 4. The van der Waals surface area contributed by atoms with Gasteiger partial charge in [-0.2, -0.15) is 4.73 Å². The van der Waals surface area contributed by atoms with Gasteiger partial charge in [-0.05, 0) is 50.9 Å². The van der Waals surface area contributed by atoms with Gasteiger partial charge in [0.25, 0.3) is 0 Å². The third-order valence-electron chi connectivity index (χ3n) is 3.47. The van der Waals surface area contributed by atoms with E-state index in [0.29, 0.717) is 37.6 Å². The molecule has 0 aliphatic heterocycles. The molecule has 0 amide bonds. The lowest BCUT2D eigenvalue weighted by Crippen LogP contribution is -2.11. The summed E-state index contributed by atoms with van der Waals surface area (Å²) >= 11 is 6.67. The Morgan fingerprint density at radius 3 is 2.28 bits per heavy atom. The van der Waals surface area contributed by atoms with Crippen LogP contribution in [0.4, 0.5) is 0 Å². The van der Waals surface area contributed by atoms with Crippen LogP contribution in [-0.4, -0.2) is 43.8 Å². The van der Waals surface area contributed by atoms with Gasteiger partial charge in [-0.15, -0.1) is 0 Å². The molecule has 1 N–H and O–H groups in total. The summed E-state index contributed by atoms with van der Waals surface area (Å²) in [5, 5.41) is 10.3. The van der Waals surface area contributed by atoms with E-state index >= 15 is 0 Å². The van der Waals surface area contributed by atoms with Crippen molar-refractivity contribution in [2.45, 2.75) is 6.92 Å². The molecular weight excluding hydrogens is 462 g/mol. The summed E-state index contributed by atoms with van der Waals surface area (Å²) in [6.45, 7) is 1.87. The Balaban J connectivity index is 2.76. The SMILES string of the molecule is CCOC(=O)c1c(Br)c(-c2ccc(OC)c(OC)c2OC)c(Br)n1O. The Hall–Kier alpha value is -1.87. The predicted molar refractivity (Wildman–Crippen MR) is 98.1 cm³/mol. The second-order valence-corrected chi connectivity index (χ2v) is 6.29. The summed E-state index contributed by atoms with van der Waals surface area (Å²) in [7, 11) is 4.51. The number of esters is 1. The summed E-state index contributed by atoms with van der Waals surface area (Å²) in [6.07, 6.45) is 0. The first kappa shape index (κ1) is 19.5. The van der Waals surface area contributed by atoms with E-state index in [9.17, 15) is 10.0 Å². The Bertz CT molecular complexity index is 803. The summed E-state index contributed by atoms with van der Waals surface area (Å²) < 4.78 is 22.4. The van der Waals surface area contributed by atoms with Crippen molar-refractivity contribution in [3.8, 4) is 28.4 Å². The first-order valence-corrected chi connectivity index (χ1v) is 8.76. The molecule has 0 aliphatic rings. The van der Waals surface area contributed by atoms with E-state index in [1.165, 1.54) is 21.3 Å². The molecule has 0 atom stereocenters. The highest BCUT2D eigenvalue weighted by Gasteiger charge is 2.29. The molecule has 25 heavy (non-hydrogen) atoms. The zero-order valence-corrected chi connectivity index (χ0v) is 17.2. The van der Waals surface area contributed by atoms with Gasteiger partial charge >= 0.3 is 5.97 Å². The van der Waals surface area contributed by atoms with E-state index in [1.54, 1.807) is 19.1 Å². The lowest BCUT2D eigenvalue weighted by Gasteiger charge is -2.15. The zero-order chi connectivity index (χ0) is 18.7. The van der Waals surface area contributed by atoms with Crippen LogP contribution in [0.5, 0.6) is 17.2 Å². The van der Waals surface area contributed by atoms with Gasteiger partial charge < -0.3 is 24.2 Å². The number of methoxy groups -OCH3 is 3. The summed E-state index contributed by atoms with van der Waals surface area (Å²) in [4.78, 5) is 12.1. The molecule has 2 aromatic rings. The van der Waals surface area contributed by atoms with Gasteiger partial charge in [-0.3, -0.25) is 0 Å². The third-order valence-corrected chi connectivity index (χ3v) is 4.98. The average molecular weight is 479 g/mol. The van der Waals surface area contributed by atoms with E-state index < -0.39 is 5.97 Å². The molecule has 1 aromatic heterocycles. The van der Waals surface area contributed by atoms with Crippen molar-refractivity contribution in [1.29, 1.82) is 0 Å². The number of hydrogen-bond acceptors (Lipinski definition) is 6. The first-order chi connectivity index (χ1) is 11.9. The number of nitrogens with zero attached hydrogens (tertiary/aromatic N) is 1. The van der Waals surface area contributed by atoms with Crippen LogP contribution in [-0.2, 0) is 4.74 Å². The summed E-state index contributed by atoms with van der Waals surface area (Å²) in [6, 6.07) is 3.44. The standard InChI is InChI=1S/C16H17Br2NO6/c1-5-25-16(20)12-11(17)10(15(18)19(12)21)8-6-7-9(22-2)14(24-4)13(8)23-3/h6-7,21H,5H2,1-4H3. The highest BCUT2D eigenvalue weighted by Crippen LogP contribution is 2.49. The molecule has 136 valence electrons. The fraction of sp³-hybridized carbons (Fsp3) is 0.312. The maximum atomic E-state index is 12.1. The molecule has 0 fully saturated rings. The van der Waals surface area contributed by atoms with Crippen LogP contribution in [0.2, 0.25) is 0 Å². The van der Waals surface area contributed by atoms with Gasteiger partial charge in [0, 0.05) is 11.1 Å². The number of halogens is 2. The summed E-state index contributed by atoms with van der Waals surface area (Å²) in [5.41, 5.74) is 1.04. The van der Waals surface area contributed by atoms with E-state index in [2.05, 4.69) is 31.9 Å². The van der Waals surface area contributed by atoms with E-state index in [4.69, 9.17) is 18.9 Å². The number of carbonyl (C=O) groups is 1. The Labute approximate surface area is 161 Å². The topological polar surface area (TPSA) is 79.2 Å². The predicted octanol–water partition coefficient (Wildman–Crippen LogP) is 4.12. The average Bonchev–Trinajstić information content (AvgIpc) is 2.82. The quantitative estimate of drug-likeness (QED) is 0.497. The smallest absolute Gasteiger partial charge is 0.359 e. The molecule has 0 saturated heterocycles. The Morgan fingerprint density at radius 1 is 1.12 bits per heavy atom. The van der Waals surface area contributed by atoms with Crippen molar-refractivity contribution < 1.29 is 28.9 Å². The lowest BCUT2D eigenvalue weighted by molar-refractivity contribution is 0.0471. The highest BCUT2D eigenvalue weighted by molar-refractivity contribution is 9.11. The molecule has 0 spiro atoms. The minimum atomic E-state index is -0.664. The van der Waals surface area contributed by atoms with E-state index in [1.807, 2.05) is 0 Å². The molecular formula is C16H17Br2NO6. The number of aromatic nitrogens is 1. The molecule has 7 nitrogen and oxygen atoms in total. The fourth-order valence-corrected chi connectivity index (χ4v) is 4.00. The summed E-state index contributed by atoms with van der Waals surface area (Å²) in [5.74, 6) is 0.613. The van der Waals surface area contributed by atoms with Crippen LogP contribution in [0.1, 0.15) is 17.4 Å². The number of rotatable bonds is 6. The molecule has 0 bridgehead atoms. The second-order valence-electron chi connectivity index (χ2n) is 4.74. The van der Waals surface area contributed by atoms with Crippen LogP contribution < -0.4 is 14.2 Å². The van der Waals surface area contributed by atoms with Gasteiger partial charge in [0.15, 0.2) is 17.2 Å². The first-order valence-electron chi connectivity index (χ1n) is 7.18. The van der Waals surface area contributed by atoms with Crippen LogP contribution in [0.15, 0.2) is 21.2 Å². The number of carbonyl (C=O) groups excluding carboxylic acids is 1. The van der Waals surface area contributed by atoms with Crippen molar-refractivity contribution in [3.63, 3.8) is 0 Å². The maximum absolute atomic E-state index is 12.1. The van der Waals surface area contributed by atoms with Gasteiger partial charge in [0.2, 0.25) is 5.75 Å². The molecule has 1 aromatic carbocycles. The Morgan fingerprint density at radius 2 is 1.76 bits per heavy atom. The third kappa shape index (κ3) is 3.30.